The molecule has 11 amide bonds. The van der Waals surface area contributed by atoms with Crippen LogP contribution in [-0.4, -0.2) is 192 Å². The van der Waals surface area contributed by atoms with Gasteiger partial charge in [0.2, 0.25) is 65.0 Å². The zero-order valence-electron chi connectivity index (χ0n) is 47.7. The largest absolute Gasteiger partial charge is 0.391 e. The number of hydrogen-bond donors (Lipinski definition) is 18. The van der Waals surface area contributed by atoms with Crippen LogP contribution in [0.15, 0.2) is 30.3 Å². The first-order valence-electron chi connectivity index (χ1n) is 28.0. The highest BCUT2D eigenvalue weighted by Crippen LogP contribution is 2.47. The summed E-state index contributed by atoms with van der Waals surface area (Å²) < 4.78 is 0. The van der Waals surface area contributed by atoms with Crippen LogP contribution in [0, 0.1) is 11.8 Å². The van der Waals surface area contributed by atoms with Gasteiger partial charge in [-0.1, -0.05) is 57.5 Å². The van der Waals surface area contributed by atoms with E-state index in [0.29, 0.717) is 12.8 Å². The van der Waals surface area contributed by atoms with Gasteiger partial charge in [0.25, 0.3) is 0 Å². The Hall–Kier alpha value is -6.89. The Kier molecular flexibility index (Phi) is 29.2. The van der Waals surface area contributed by atoms with Crippen molar-refractivity contribution in [3.8, 4) is 0 Å². The zero-order valence-corrected chi connectivity index (χ0v) is 47.7. The number of nitrogens with two attached hydrogens (primary N) is 4. The maximum Gasteiger partial charge on any atom is 0.245 e. The molecule has 1 aromatic carbocycles. The van der Waals surface area contributed by atoms with Gasteiger partial charge in [0.1, 0.15) is 60.4 Å². The van der Waals surface area contributed by atoms with Gasteiger partial charge < -0.3 is 96.7 Å². The lowest BCUT2D eigenvalue weighted by molar-refractivity contribution is -0.137. The molecule has 0 bridgehead atoms. The lowest BCUT2D eigenvalue weighted by Crippen LogP contribution is -2.62. The maximum absolute atomic E-state index is 14.4. The topological polar surface area (TPSA) is 485 Å². The van der Waals surface area contributed by atoms with Crippen LogP contribution in [0.1, 0.15) is 111 Å². The summed E-state index contributed by atoms with van der Waals surface area (Å²) in [5.41, 5.74) is 24.3. The van der Waals surface area contributed by atoms with Crippen molar-refractivity contribution in [2.75, 3.05) is 32.7 Å². The van der Waals surface area contributed by atoms with E-state index in [-0.39, 0.29) is 76.5 Å². The minimum atomic E-state index is -1.72. The van der Waals surface area contributed by atoms with E-state index in [0.717, 1.165) is 5.56 Å². The van der Waals surface area contributed by atoms with Crippen LogP contribution < -0.4 is 81.4 Å². The molecule has 1 saturated heterocycles. The first kappa shape index (κ1) is 69.4. The molecule has 1 saturated carbocycles. The Morgan fingerprint density at radius 1 is 0.573 bits per heavy atom. The van der Waals surface area contributed by atoms with Crippen LogP contribution in [0.5, 0.6) is 0 Å². The highest BCUT2D eigenvalue weighted by atomic mass is 16.3. The Balaban J connectivity index is 2.00. The van der Waals surface area contributed by atoms with E-state index >= 15 is 0 Å². The molecule has 82 heavy (non-hydrogen) atoms. The fourth-order valence-corrected chi connectivity index (χ4v) is 9.14. The quantitative estimate of drug-likeness (QED) is 0.0458. The van der Waals surface area contributed by atoms with E-state index in [1.54, 1.807) is 20.8 Å². The Labute approximate surface area is 477 Å². The van der Waals surface area contributed by atoms with Gasteiger partial charge >= 0.3 is 0 Å². The summed E-state index contributed by atoms with van der Waals surface area (Å²) in [7, 11) is 0. The molecule has 3 unspecified atom stereocenters. The van der Waals surface area contributed by atoms with Crippen LogP contribution in [0.25, 0.3) is 0 Å². The zero-order chi connectivity index (χ0) is 61.4. The van der Waals surface area contributed by atoms with E-state index < -0.39 is 163 Å². The van der Waals surface area contributed by atoms with Gasteiger partial charge in [0.05, 0.1) is 18.3 Å². The summed E-state index contributed by atoms with van der Waals surface area (Å²) in [6.07, 6.45) is -5.04. The molecule has 1 aliphatic heterocycles. The van der Waals surface area contributed by atoms with Gasteiger partial charge in [0.15, 0.2) is 0 Å². The Morgan fingerprint density at radius 2 is 1.06 bits per heavy atom. The molecule has 2 aliphatic rings. The number of benzene rings is 1. The number of hydrogen-bond acceptors (Lipinski definition) is 18. The van der Waals surface area contributed by atoms with Crippen LogP contribution in [-0.2, 0) is 52.7 Å². The molecule has 22 N–H and O–H groups in total. The predicted molar refractivity (Wildman–Crippen MR) is 298 cm³/mol. The van der Waals surface area contributed by atoms with Crippen LogP contribution in [0.3, 0.4) is 0 Å². The number of aliphatic hydroxyl groups excluding tert-OH is 3. The third kappa shape index (κ3) is 21.8. The summed E-state index contributed by atoms with van der Waals surface area (Å²) in [5, 5.41) is 59.8. The second-order valence-corrected chi connectivity index (χ2v) is 21.3. The lowest BCUT2D eigenvalue weighted by Gasteiger charge is -2.29. The highest BCUT2D eigenvalue weighted by molar-refractivity contribution is 5.99. The molecule has 15 atom stereocenters. The molecule has 1 aromatic rings. The molecular weight excluding hydrogens is 1070 g/mol. The molecule has 29 heteroatoms. The summed E-state index contributed by atoms with van der Waals surface area (Å²) in [6.45, 7) is 7.68. The van der Waals surface area contributed by atoms with Crippen molar-refractivity contribution in [1.29, 1.82) is 0 Å². The highest BCUT2D eigenvalue weighted by Gasteiger charge is 2.45. The number of carbonyl (C=O) groups excluding carboxylic acids is 11. The second-order valence-electron chi connectivity index (χ2n) is 21.3. The minimum Gasteiger partial charge on any atom is -0.391 e. The number of aliphatic hydroxyl groups is 3. The predicted octanol–water partition coefficient (Wildman–Crippen LogP) is -6.46. The van der Waals surface area contributed by atoms with E-state index in [9.17, 15) is 68.1 Å². The van der Waals surface area contributed by atoms with E-state index in [2.05, 4.69) is 58.5 Å². The first-order valence-corrected chi connectivity index (χ1v) is 28.0. The van der Waals surface area contributed by atoms with Crippen molar-refractivity contribution in [3.63, 3.8) is 0 Å². The van der Waals surface area contributed by atoms with Crippen molar-refractivity contribution < 1.29 is 68.1 Å². The summed E-state index contributed by atoms with van der Waals surface area (Å²) in [4.78, 5) is 153. The van der Waals surface area contributed by atoms with E-state index in [1.165, 1.54) is 20.8 Å². The van der Waals surface area contributed by atoms with E-state index in [1.807, 2.05) is 30.3 Å². The normalized spacial score (nSPS) is 25.8. The van der Waals surface area contributed by atoms with Crippen molar-refractivity contribution in [3.05, 3.63) is 35.9 Å². The van der Waals surface area contributed by atoms with Gasteiger partial charge in [-0.15, -0.1) is 0 Å². The second kappa shape index (κ2) is 34.5. The van der Waals surface area contributed by atoms with Gasteiger partial charge in [-0.3, -0.25) is 52.7 Å². The van der Waals surface area contributed by atoms with Crippen LogP contribution in [0.2, 0.25) is 0 Å². The van der Waals surface area contributed by atoms with Crippen molar-refractivity contribution in [2.45, 2.75) is 184 Å². The lowest BCUT2D eigenvalue weighted by atomic mass is 10.0. The number of nitrogens with one attached hydrogen (secondary N) is 11. The van der Waals surface area contributed by atoms with Gasteiger partial charge in [-0.05, 0) is 116 Å². The number of rotatable bonds is 24. The number of carbonyl (C=O) groups is 11. The van der Waals surface area contributed by atoms with E-state index in [4.69, 9.17) is 22.9 Å². The summed E-state index contributed by atoms with van der Waals surface area (Å²) in [5.74, 6) is -10.8. The average Bonchev–Trinajstić information content (AvgIpc) is 4.43. The third-order valence-electron chi connectivity index (χ3n) is 13.8. The molecule has 3 rings (SSSR count). The molecule has 1 heterocycles. The van der Waals surface area contributed by atoms with Crippen molar-refractivity contribution >= 4 is 65.0 Å². The monoisotopic (exact) mass is 1160 g/mol. The minimum absolute atomic E-state index is 0.0252. The standard InChI is InChI=1S/C53H89N15O14/c1-7-11-33-44(73)61-37(17-22-57)49(78)66-40(27(4)69)51(80)58-23-18-38(47(76)60-34(14-19-54)46(75)65-39(24-26(2)3)50(79)68-42(29(6)71)52(81)63-33)62-45(74)35(15-20-55)64-53(82)41(28(5)70)67-48(77)36(16-21-56)59-43(72)32-25-31(32)30-12-9-8-10-13-30/h8-10,12-13,26-29,31-42,69-71H,7,11,14-25,54-57H2,1-6H3,(H,58,80)(H,59,72)(H,60,76)(H,61,73)(H,62,74)(H,63,81)(H,64,82)(H,65,75)(H,66,78)(H,67,77)(H,68,79)/t27?,28?,29?,31-,32+,33+,34+,35-,36+,37+,38+,39-,40+,41+,42+/m1/s1. The van der Waals surface area contributed by atoms with Gasteiger partial charge in [-0.2, -0.15) is 0 Å². The molecule has 0 radical (unpaired) electrons. The fourth-order valence-electron chi connectivity index (χ4n) is 9.14. The van der Waals surface area contributed by atoms with Gasteiger partial charge in [-0.25, -0.2) is 0 Å². The fraction of sp³-hybridized carbons (Fsp3) is 0.679. The Morgan fingerprint density at radius 3 is 1.57 bits per heavy atom. The SMILES string of the molecule is CCC[C@@H]1NC(=O)[C@H](C(C)O)NC(=O)[C@@H](CC(C)C)NC(=O)[C@H](CCN)NC(=O)[C@@H](NC(=O)[C@@H](CCN)NC(=O)[C@@H](NC(=O)[C@H](CCN)NC(=O)[C@H]2C[C@@H]2c2ccccc2)C(C)O)CCNC(=O)[C@H](C(C)O)NC(=O)[C@H](CCN)NC1=O. The van der Waals surface area contributed by atoms with Crippen molar-refractivity contribution in [2.24, 2.45) is 34.8 Å². The first-order chi connectivity index (χ1) is 38.8. The molecule has 0 aromatic heterocycles. The smallest absolute Gasteiger partial charge is 0.245 e. The summed E-state index contributed by atoms with van der Waals surface area (Å²) in [6, 6.07) is -5.86. The Bertz CT molecular complexity index is 2330. The average molecular weight is 1160 g/mol. The van der Waals surface area contributed by atoms with Gasteiger partial charge in [0, 0.05) is 12.5 Å². The maximum atomic E-state index is 14.4. The molecule has 460 valence electrons. The molecular formula is C53H89N15O14. The molecule has 0 spiro atoms. The summed E-state index contributed by atoms with van der Waals surface area (Å²) >= 11 is 0. The van der Waals surface area contributed by atoms with Crippen LogP contribution in [0.4, 0.5) is 0 Å². The molecule has 1 aliphatic carbocycles. The van der Waals surface area contributed by atoms with Crippen LogP contribution >= 0.6 is 0 Å². The number of amides is 11. The third-order valence-corrected chi connectivity index (χ3v) is 13.8. The molecule has 2 fully saturated rings. The molecule has 29 nitrogen and oxygen atoms in total. The van der Waals surface area contributed by atoms with Crippen molar-refractivity contribution in [1.82, 2.24) is 58.5 Å².